The van der Waals surface area contributed by atoms with Crippen LogP contribution in [-0.4, -0.2) is 66.7 Å². The van der Waals surface area contributed by atoms with Gasteiger partial charge in [0.25, 0.3) is 0 Å². The van der Waals surface area contributed by atoms with Gasteiger partial charge >= 0.3 is 6.18 Å². The molecular formula is C23H37F4N7O. The third-order valence-corrected chi connectivity index (χ3v) is 7.44. The van der Waals surface area contributed by atoms with Gasteiger partial charge in [-0.15, -0.1) is 0 Å². The van der Waals surface area contributed by atoms with Crippen molar-refractivity contribution in [2.24, 2.45) is 27.8 Å². The highest BCUT2D eigenvalue weighted by Gasteiger charge is 2.48. The SMILES string of the molecule is CCC1(C)C/C=C(/F)C=NC(C(C(=O)NC2=CNCCC2N2CC(C(F)(F)F)NC2C)C(N)N)C1. The third kappa shape index (κ3) is 6.60. The van der Waals surface area contributed by atoms with Crippen molar-refractivity contribution in [2.75, 3.05) is 13.1 Å². The van der Waals surface area contributed by atoms with Crippen molar-refractivity contribution < 1.29 is 22.4 Å². The van der Waals surface area contributed by atoms with Crippen LogP contribution in [0.1, 0.15) is 46.5 Å². The van der Waals surface area contributed by atoms with Crippen LogP contribution < -0.4 is 27.4 Å². The van der Waals surface area contributed by atoms with Gasteiger partial charge < -0.3 is 22.1 Å². The molecule has 0 saturated carbocycles. The standard InChI is InChI=1S/C23H37F4N7O/c1-4-22(3)7-5-14(24)10-31-15(9-22)19(20(28)29)21(35)33-16-11-30-8-6-17(16)34-12-18(23(25,26)27)32-13(34)2/h5,10-11,13,15,17-20,30,32H,4,6-9,12,28-29H2,1-3H3,(H,33,35)/b14-5+,31-10?. The minimum Gasteiger partial charge on any atom is -0.389 e. The maximum absolute atomic E-state index is 14.1. The molecule has 1 amide bonds. The van der Waals surface area contributed by atoms with E-state index in [1.165, 1.54) is 6.08 Å². The number of nitrogens with zero attached hydrogens (tertiary/aromatic N) is 2. The molecule has 3 rings (SSSR count). The molecule has 0 radical (unpaired) electrons. The summed E-state index contributed by atoms with van der Waals surface area (Å²) >= 11 is 0. The Bertz CT molecular complexity index is 859. The molecule has 3 aliphatic heterocycles. The molecule has 1 saturated heterocycles. The number of amides is 1. The highest BCUT2D eigenvalue weighted by Crippen LogP contribution is 2.37. The lowest BCUT2D eigenvalue weighted by Gasteiger charge is -2.38. The fraction of sp³-hybridized carbons (Fsp3) is 0.739. The number of nitrogens with one attached hydrogen (secondary N) is 3. The summed E-state index contributed by atoms with van der Waals surface area (Å²) in [4.78, 5) is 19.5. The van der Waals surface area contributed by atoms with E-state index in [0.29, 0.717) is 31.5 Å². The van der Waals surface area contributed by atoms with E-state index in [9.17, 15) is 22.4 Å². The first kappa shape index (κ1) is 27.6. The van der Waals surface area contributed by atoms with Gasteiger partial charge in [0, 0.05) is 19.3 Å². The topological polar surface area (TPSA) is 121 Å². The summed E-state index contributed by atoms with van der Waals surface area (Å²) in [5.74, 6) is -1.92. The van der Waals surface area contributed by atoms with Gasteiger partial charge in [-0.25, -0.2) is 4.39 Å². The predicted octanol–water partition coefficient (Wildman–Crippen LogP) is 1.85. The summed E-state index contributed by atoms with van der Waals surface area (Å²) in [6.07, 6.45) is 0.449. The second-order valence-corrected chi connectivity index (χ2v) is 10.1. The first-order valence-corrected chi connectivity index (χ1v) is 12.1. The van der Waals surface area contributed by atoms with Crippen molar-refractivity contribution >= 4 is 12.1 Å². The third-order valence-electron chi connectivity index (χ3n) is 7.44. The van der Waals surface area contributed by atoms with Crippen LogP contribution in [0.3, 0.4) is 0 Å². The molecule has 0 aromatic rings. The highest BCUT2D eigenvalue weighted by molar-refractivity contribution is 5.83. The molecule has 6 unspecified atom stereocenters. The summed E-state index contributed by atoms with van der Waals surface area (Å²) in [6, 6.07) is -2.74. The first-order valence-electron chi connectivity index (χ1n) is 12.1. The Hall–Kier alpha value is -2.02. The molecule has 1 fully saturated rings. The quantitative estimate of drug-likeness (QED) is 0.279. The molecule has 0 aromatic heterocycles. The van der Waals surface area contributed by atoms with Gasteiger partial charge in [0.1, 0.15) is 11.9 Å². The maximum Gasteiger partial charge on any atom is 0.405 e. The van der Waals surface area contributed by atoms with Crippen molar-refractivity contribution in [3.8, 4) is 0 Å². The lowest BCUT2D eigenvalue weighted by molar-refractivity contribution is -0.150. The molecule has 35 heavy (non-hydrogen) atoms. The van der Waals surface area contributed by atoms with Crippen molar-refractivity contribution in [1.29, 1.82) is 0 Å². The van der Waals surface area contributed by atoms with E-state index in [-0.39, 0.29) is 12.0 Å². The second-order valence-electron chi connectivity index (χ2n) is 10.1. The molecule has 0 bridgehead atoms. The van der Waals surface area contributed by atoms with Crippen molar-refractivity contribution in [1.82, 2.24) is 20.9 Å². The Morgan fingerprint density at radius 2 is 2.11 bits per heavy atom. The Labute approximate surface area is 203 Å². The van der Waals surface area contributed by atoms with Gasteiger partial charge in [0.2, 0.25) is 5.91 Å². The zero-order valence-corrected chi connectivity index (χ0v) is 20.4. The molecule has 0 aromatic carbocycles. The van der Waals surface area contributed by atoms with Crippen LogP contribution >= 0.6 is 0 Å². The number of hydrogen-bond donors (Lipinski definition) is 5. The summed E-state index contributed by atoms with van der Waals surface area (Å²) in [7, 11) is 0. The average Bonchev–Trinajstić information content (AvgIpc) is 3.17. The Kier molecular flexibility index (Phi) is 8.61. The number of allylic oxidation sites excluding steroid dienone is 2. The number of alkyl halides is 3. The van der Waals surface area contributed by atoms with Crippen molar-refractivity contribution in [3.63, 3.8) is 0 Å². The van der Waals surface area contributed by atoms with Crippen LogP contribution in [-0.2, 0) is 4.79 Å². The smallest absolute Gasteiger partial charge is 0.389 e. The van der Waals surface area contributed by atoms with Gasteiger partial charge in [0.05, 0.1) is 42.2 Å². The highest BCUT2D eigenvalue weighted by atomic mass is 19.4. The largest absolute Gasteiger partial charge is 0.405 e. The molecule has 0 aliphatic carbocycles. The van der Waals surface area contributed by atoms with Gasteiger partial charge in [-0.05, 0) is 37.7 Å². The minimum atomic E-state index is -4.37. The van der Waals surface area contributed by atoms with Crippen LogP contribution in [0, 0.1) is 11.3 Å². The normalized spacial score (nSPS) is 34.9. The number of hydrogen-bond acceptors (Lipinski definition) is 7. The predicted molar refractivity (Wildman–Crippen MR) is 127 cm³/mol. The van der Waals surface area contributed by atoms with Crippen LogP contribution in [0.2, 0.25) is 0 Å². The minimum absolute atomic E-state index is 0.226. The van der Waals surface area contributed by atoms with E-state index < -0.39 is 54.3 Å². The van der Waals surface area contributed by atoms with Crippen LogP contribution in [0.15, 0.2) is 28.8 Å². The van der Waals surface area contributed by atoms with Crippen molar-refractivity contribution in [3.05, 3.63) is 23.8 Å². The first-order chi connectivity index (χ1) is 16.3. The van der Waals surface area contributed by atoms with E-state index in [1.807, 2.05) is 13.8 Å². The lowest BCUT2D eigenvalue weighted by atomic mass is 9.74. The van der Waals surface area contributed by atoms with Crippen molar-refractivity contribution in [2.45, 2.75) is 83.1 Å². The van der Waals surface area contributed by atoms with E-state index in [2.05, 4.69) is 20.9 Å². The number of rotatable bonds is 6. The van der Waals surface area contributed by atoms with Gasteiger partial charge in [0.15, 0.2) is 0 Å². The van der Waals surface area contributed by atoms with E-state index in [0.717, 1.165) is 12.6 Å². The second kappa shape index (κ2) is 10.9. The molecule has 3 aliphatic rings. The molecule has 6 atom stereocenters. The molecule has 3 heterocycles. The van der Waals surface area contributed by atoms with E-state index in [1.54, 1.807) is 18.0 Å². The Balaban J connectivity index is 1.81. The van der Waals surface area contributed by atoms with Crippen LogP contribution in [0.4, 0.5) is 17.6 Å². The Morgan fingerprint density at radius 3 is 2.71 bits per heavy atom. The summed E-state index contributed by atoms with van der Waals surface area (Å²) in [5, 5.41) is 8.49. The molecule has 198 valence electrons. The summed E-state index contributed by atoms with van der Waals surface area (Å²) < 4.78 is 54.1. The lowest BCUT2D eigenvalue weighted by Crippen LogP contribution is -2.55. The number of carbonyl (C=O) groups excluding carboxylic acids is 1. The average molecular weight is 504 g/mol. The van der Waals surface area contributed by atoms with Gasteiger partial charge in [-0.3, -0.25) is 20.0 Å². The maximum atomic E-state index is 14.1. The Morgan fingerprint density at radius 1 is 1.40 bits per heavy atom. The fourth-order valence-corrected chi connectivity index (χ4v) is 5.07. The van der Waals surface area contributed by atoms with E-state index >= 15 is 0 Å². The van der Waals surface area contributed by atoms with Gasteiger partial charge in [-0.1, -0.05) is 20.3 Å². The van der Waals surface area contributed by atoms with Gasteiger partial charge in [-0.2, -0.15) is 13.2 Å². The van der Waals surface area contributed by atoms with Crippen LogP contribution in [0.25, 0.3) is 0 Å². The molecule has 7 N–H and O–H groups in total. The monoisotopic (exact) mass is 503 g/mol. The zero-order chi connectivity index (χ0) is 26.0. The number of aliphatic imine (C=N–C) groups is 1. The number of halogens is 4. The fourth-order valence-electron chi connectivity index (χ4n) is 5.07. The summed E-state index contributed by atoms with van der Waals surface area (Å²) in [5.41, 5.74) is 12.2. The van der Waals surface area contributed by atoms with E-state index in [4.69, 9.17) is 11.5 Å². The van der Waals surface area contributed by atoms with Crippen LogP contribution in [0.5, 0.6) is 0 Å². The number of nitrogens with two attached hydrogens (primary N) is 2. The molecule has 0 spiro atoms. The molecular weight excluding hydrogens is 466 g/mol. The molecule has 12 heteroatoms. The zero-order valence-electron chi connectivity index (χ0n) is 20.4. The number of carbonyl (C=O) groups is 1. The summed E-state index contributed by atoms with van der Waals surface area (Å²) in [6.45, 7) is 5.99. The molecule has 8 nitrogen and oxygen atoms in total.